The molecule has 1 aromatic heterocycles. The van der Waals surface area contributed by atoms with Crippen LogP contribution >= 0.6 is 11.8 Å². The van der Waals surface area contributed by atoms with Crippen LogP contribution in [0.2, 0.25) is 0 Å². The second kappa shape index (κ2) is 6.27. The summed E-state index contributed by atoms with van der Waals surface area (Å²) >= 11 is 1.75. The molecule has 0 radical (unpaired) electrons. The molecule has 0 saturated carbocycles. The maximum atomic E-state index is 13.3. The minimum atomic E-state index is -0.860. The quantitative estimate of drug-likeness (QED) is 0.793. The van der Waals surface area contributed by atoms with Crippen LogP contribution in [-0.4, -0.2) is 44.3 Å². The molecule has 4 heterocycles. The van der Waals surface area contributed by atoms with Gasteiger partial charge in [-0.25, -0.2) is 4.98 Å². The van der Waals surface area contributed by atoms with Crippen LogP contribution < -0.4 is 10.5 Å². The van der Waals surface area contributed by atoms with E-state index in [1.807, 2.05) is 31.2 Å². The first kappa shape index (κ1) is 17.6. The van der Waals surface area contributed by atoms with Gasteiger partial charge in [-0.15, -0.1) is 0 Å². The van der Waals surface area contributed by atoms with Crippen molar-refractivity contribution >= 4 is 23.6 Å². The van der Waals surface area contributed by atoms with Crippen LogP contribution in [-0.2, 0) is 22.6 Å². The number of likely N-dealkylation sites (tertiary alicyclic amines) is 1. The van der Waals surface area contributed by atoms with Crippen molar-refractivity contribution < 1.29 is 14.3 Å². The fourth-order valence-corrected chi connectivity index (χ4v) is 5.65. The number of ether oxygens (including phenoxy) is 1. The molecule has 2 N–H and O–H groups in total. The van der Waals surface area contributed by atoms with E-state index in [2.05, 4.69) is 15.7 Å². The number of thioether (sulfide) groups is 1. The third kappa shape index (κ3) is 2.62. The molecule has 5 rings (SSSR count). The van der Waals surface area contributed by atoms with Gasteiger partial charge in [-0.3, -0.25) is 9.59 Å². The van der Waals surface area contributed by atoms with Gasteiger partial charge >= 0.3 is 0 Å². The van der Waals surface area contributed by atoms with Crippen LogP contribution in [0.4, 0.5) is 0 Å². The number of hydrogen-bond donors (Lipinski definition) is 1. The number of imidazole rings is 1. The molecule has 1 saturated heterocycles. The molecule has 0 aliphatic carbocycles. The van der Waals surface area contributed by atoms with Crippen molar-refractivity contribution in [2.45, 2.75) is 43.1 Å². The number of carbonyl (C=O) groups excluding carboxylic acids is 2. The minimum Gasteiger partial charge on any atom is -0.468 e. The molecule has 3 aliphatic rings. The van der Waals surface area contributed by atoms with Gasteiger partial charge in [0.05, 0.1) is 5.69 Å². The molecule has 0 spiro atoms. The summed E-state index contributed by atoms with van der Waals surface area (Å²) in [5, 5.41) is 1.03. The summed E-state index contributed by atoms with van der Waals surface area (Å²) in [6, 6.07) is 7.61. The van der Waals surface area contributed by atoms with E-state index in [1.165, 1.54) is 0 Å². The number of para-hydroxylation sites is 1. The molecule has 8 heteroatoms. The topological polar surface area (TPSA) is 90.5 Å². The summed E-state index contributed by atoms with van der Waals surface area (Å²) in [6.07, 6.45) is 3.22. The number of hydrogen-bond acceptors (Lipinski definition) is 5. The highest BCUT2D eigenvalue weighted by Crippen LogP contribution is 2.49. The Hall–Kier alpha value is -2.48. The van der Waals surface area contributed by atoms with E-state index < -0.39 is 17.6 Å². The Morgan fingerprint density at radius 1 is 1.43 bits per heavy atom. The van der Waals surface area contributed by atoms with E-state index in [0.717, 1.165) is 34.5 Å². The zero-order chi connectivity index (χ0) is 19.5. The van der Waals surface area contributed by atoms with Crippen LogP contribution in [0.5, 0.6) is 5.75 Å². The molecule has 3 atom stereocenters. The monoisotopic (exact) mass is 398 g/mol. The number of aryl methyl sites for hydroxylation is 1. The Labute approximate surface area is 167 Å². The second-order valence-corrected chi connectivity index (χ2v) is 8.86. The first-order valence-electron chi connectivity index (χ1n) is 9.54. The average molecular weight is 398 g/mol. The van der Waals surface area contributed by atoms with Crippen molar-refractivity contribution in [2.75, 3.05) is 12.3 Å². The van der Waals surface area contributed by atoms with Crippen molar-refractivity contribution in [1.82, 2.24) is 14.5 Å². The maximum Gasteiger partial charge on any atom is 0.238 e. The first-order valence-corrected chi connectivity index (χ1v) is 10.5. The van der Waals surface area contributed by atoms with Crippen LogP contribution in [0.15, 0.2) is 35.6 Å². The number of nitrogens with two attached hydrogens (primary N) is 1. The molecule has 28 heavy (non-hydrogen) atoms. The highest BCUT2D eigenvalue weighted by molar-refractivity contribution is 7.99. The Bertz CT molecular complexity index is 953. The third-order valence-electron chi connectivity index (χ3n) is 6.00. The van der Waals surface area contributed by atoms with Crippen molar-refractivity contribution in [2.24, 2.45) is 11.7 Å². The van der Waals surface area contributed by atoms with Gasteiger partial charge in [0.25, 0.3) is 0 Å². The smallest absolute Gasteiger partial charge is 0.238 e. The summed E-state index contributed by atoms with van der Waals surface area (Å²) in [4.78, 5) is 31.8. The van der Waals surface area contributed by atoms with E-state index in [1.54, 1.807) is 16.7 Å². The van der Waals surface area contributed by atoms with E-state index in [9.17, 15) is 9.59 Å². The van der Waals surface area contributed by atoms with Crippen molar-refractivity contribution in [3.05, 3.63) is 41.7 Å². The van der Waals surface area contributed by atoms with Gasteiger partial charge in [0, 0.05) is 43.8 Å². The number of aromatic nitrogens is 2. The Morgan fingerprint density at radius 2 is 2.25 bits per heavy atom. The molecule has 2 aromatic rings. The highest BCUT2D eigenvalue weighted by atomic mass is 32.2. The number of carbonyl (C=O) groups is 2. The molecular formula is C20H22N4O3S. The number of fused-ring (bicyclic) bond motifs is 5. The van der Waals surface area contributed by atoms with E-state index in [0.29, 0.717) is 19.4 Å². The Balaban J connectivity index is 1.45. The standard InChI is InChI=1S/C20H22N4O3S/c1-20-10-14(13-4-2-3-5-15(13)27-20)16(17(21)25)18(26)24(20)7-6-12-11-23-8-9-28-19(23)22-12/h2-5,11,14,16H,6-10H2,1H3,(H2,21,25)/t14-,16-,20-/m0/s1. The summed E-state index contributed by atoms with van der Waals surface area (Å²) in [5.41, 5.74) is 6.71. The lowest BCUT2D eigenvalue weighted by Crippen LogP contribution is -2.64. The lowest BCUT2D eigenvalue weighted by Gasteiger charge is -2.52. The molecule has 7 nitrogen and oxygen atoms in total. The van der Waals surface area contributed by atoms with E-state index in [4.69, 9.17) is 10.5 Å². The van der Waals surface area contributed by atoms with Gasteiger partial charge in [0.2, 0.25) is 11.8 Å². The number of nitrogens with zero attached hydrogens (tertiary/aromatic N) is 3. The van der Waals surface area contributed by atoms with Crippen LogP contribution in [0.3, 0.4) is 0 Å². The lowest BCUT2D eigenvalue weighted by molar-refractivity contribution is -0.175. The normalized spacial score (nSPS) is 27.9. The van der Waals surface area contributed by atoms with Gasteiger partial charge in [0.1, 0.15) is 11.7 Å². The van der Waals surface area contributed by atoms with Crippen molar-refractivity contribution in [3.63, 3.8) is 0 Å². The molecule has 3 aliphatic heterocycles. The Morgan fingerprint density at radius 3 is 3.04 bits per heavy atom. The summed E-state index contributed by atoms with van der Waals surface area (Å²) in [5.74, 6) is -0.148. The lowest BCUT2D eigenvalue weighted by atomic mass is 9.73. The SMILES string of the molecule is C[C@@]12C[C@@H](c3ccccc3O1)[C@@H](C(N)=O)C(=O)N2CCc1cn2c(n1)SCC2. The fourth-order valence-electron chi connectivity index (χ4n) is 4.69. The molecule has 0 unspecified atom stereocenters. The number of benzene rings is 1. The molecule has 146 valence electrons. The van der Waals surface area contributed by atoms with Crippen LogP contribution in [0.25, 0.3) is 0 Å². The first-order chi connectivity index (χ1) is 13.5. The molecule has 1 aromatic carbocycles. The predicted molar refractivity (Wildman–Crippen MR) is 104 cm³/mol. The fraction of sp³-hybridized carbons (Fsp3) is 0.450. The average Bonchev–Trinajstić information content (AvgIpc) is 3.22. The molecule has 2 amide bonds. The van der Waals surface area contributed by atoms with Gasteiger partial charge in [0.15, 0.2) is 10.9 Å². The summed E-state index contributed by atoms with van der Waals surface area (Å²) in [6.45, 7) is 3.34. The van der Waals surface area contributed by atoms with E-state index in [-0.39, 0.29) is 11.8 Å². The number of rotatable bonds is 4. The number of primary amides is 1. The largest absolute Gasteiger partial charge is 0.468 e. The van der Waals surface area contributed by atoms with Gasteiger partial charge in [-0.1, -0.05) is 30.0 Å². The Kier molecular flexibility index (Phi) is 3.94. The van der Waals surface area contributed by atoms with Crippen LogP contribution in [0, 0.1) is 5.92 Å². The van der Waals surface area contributed by atoms with Gasteiger partial charge < -0.3 is 19.9 Å². The zero-order valence-electron chi connectivity index (χ0n) is 15.6. The predicted octanol–water partition coefficient (Wildman–Crippen LogP) is 1.76. The molecule has 2 bridgehead atoms. The van der Waals surface area contributed by atoms with Gasteiger partial charge in [-0.2, -0.15) is 0 Å². The van der Waals surface area contributed by atoms with Crippen LogP contribution in [0.1, 0.15) is 30.5 Å². The van der Waals surface area contributed by atoms with Crippen molar-refractivity contribution in [3.8, 4) is 5.75 Å². The summed E-state index contributed by atoms with van der Waals surface area (Å²) in [7, 11) is 0. The number of piperidine rings is 1. The summed E-state index contributed by atoms with van der Waals surface area (Å²) < 4.78 is 8.42. The highest BCUT2D eigenvalue weighted by Gasteiger charge is 2.55. The number of amides is 2. The third-order valence-corrected chi connectivity index (χ3v) is 6.97. The maximum absolute atomic E-state index is 13.3. The molecular weight excluding hydrogens is 376 g/mol. The molecule has 1 fully saturated rings. The van der Waals surface area contributed by atoms with E-state index >= 15 is 0 Å². The van der Waals surface area contributed by atoms with Crippen molar-refractivity contribution in [1.29, 1.82) is 0 Å². The zero-order valence-corrected chi connectivity index (χ0v) is 16.4. The van der Waals surface area contributed by atoms with Gasteiger partial charge in [-0.05, 0) is 18.6 Å². The second-order valence-electron chi connectivity index (χ2n) is 7.80. The minimum absolute atomic E-state index is 0.246.